The van der Waals surface area contributed by atoms with Crippen molar-refractivity contribution in [3.05, 3.63) is 12.2 Å². The van der Waals surface area contributed by atoms with Gasteiger partial charge in [-0.05, 0) is 40.0 Å². The minimum absolute atomic E-state index is 0. The number of hydrogen-bond acceptors (Lipinski definition) is 3. The van der Waals surface area contributed by atoms with E-state index in [1.165, 1.54) is 0 Å². The van der Waals surface area contributed by atoms with Crippen LogP contribution in [0.2, 0.25) is 0 Å². The third-order valence-electron chi connectivity index (χ3n) is 3.70. The molecule has 1 rings (SSSR count). The number of aliphatic imine (C=N–C) groups is 1. The molecule has 0 amide bonds. The Morgan fingerprint density at radius 1 is 1.30 bits per heavy atom. The zero-order valence-corrected chi connectivity index (χ0v) is 17.6. The van der Waals surface area contributed by atoms with Gasteiger partial charge in [0.05, 0.1) is 5.75 Å². The zero-order valence-electron chi connectivity index (χ0n) is 14.4. The first-order valence-electron chi connectivity index (χ1n) is 8.17. The fourth-order valence-corrected chi connectivity index (χ4v) is 3.52. The highest BCUT2D eigenvalue weighted by atomic mass is 127. The average molecular weight is 458 g/mol. The van der Waals surface area contributed by atoms with Gasteiger partial charge in [-0.1, -0.05) is 12.2 Å². The summed E-state index contributed by atoms with van der Waals surface area (Å²) >= 11 is 0. The minimum Gasteiger partial charge on any atom is -0.357 e. The van der Waals surface area contributed by atoms with Crippen molar-refractivity contribution in [2.24, 2.45) is 4.99 Å². The molecule has 0 radical (unpaired) electrons. The maximum atomic E-state index is 11.9. The number of rotatable bonds is 7. The first-order valence-corrected chi connectivity index (χ1v) is 9.78. The van der Waals surface area contributed by atoms with Crippen LogP contribution in [0.4, 0.5) is 0 Å². The topological polar surface area (TPSA) is 73.8 Å². The highest BCUT2D eigenvalue weighted by molar-refractivity contribution is 14.0. The molecule has 0 aromatic heterocycles. The third-order valence-corrected chi connectivity index (χ3v) is 5.58. The molecule has 0 aliphatic carbocycles. The lowest BCUT2D eigenvalue weighted by molar-refractivity contribution is 0.306. The Hall–Kier alpha value is -0.350. The van der Waals surface area contributed by atoms with Crippen LogP contribution >= 0.6 is 24.0 Å². The average Bonchev–Trinajstić information content (AvgIpc) is 2.52. The molecule has 6 nitrogen and oxygen atoms in total. The monoisotopic (exact) mass is 458 g/mol. The largest absolute Gasteiger partial charge is 0.357 e. The minimum atomic E-state index is -3.05. The van der Waals surface area contributed by atoms with E-state index in [-0.39, 0.29) is 35.8 Å². The van der Waals surface area contributed by atoms with Crippen LogP contribution in [0.1, 0.15) is 40.0 Å². The highest BCUT2D eigenvalue weighted by Gasteiger charge is 2.26. The number of hydrogen-bond donors (Lipinski definition) is 2. The van der Waals surface area contributed by atoms with E-state index in [2.05, 4.69) is 21.7 Å². The Balaban J connectivity index is 0.00000484. The number of allylic oxidation sites excluding steroid dienone is 1. The standard InChI is InChI=1S/C15H30N4O2S.HI/c1-4-7-8-11-17-15(16-5-2)18-14-9-12-19(13-10-14)22(20,21)6-3;/h4,7,14H,5-6,8-13H2,1-3H3,(H2,16,17,18);1H/b7-4+;. The van der Waals surface area contributed by atoms with Crippen LogP contribution in [0.3, 0.4) is 0 Å². The molecule has 0 spiro atoms. The van der Waals surface area contributed by atoms with Gasteiger partial charge < -0.3 is 10.6 Å². The lowest BCUT2D eigenvalue weighted by Crippen LogP contribution is -2.50. The van der Waals surface area contributed by atoms with Gasteiger partial charge in [0.1, 0.15) is 0 Å². The summed E-state index contributed by atoms with van der Waals surface area (Å²) in [5, 5.41) is 6.66. The number of sulfonamides is 1. The van der Waals surface area contributed by atoms with Gasteiger partial charge in [-0.2, -0.15) is 0 Å². The smallest absolute Gasteiger partial charge is 0.213 e. The lowest BCUT2D eigenvalue weighted by atomic mass is 10.1. The summed E-state index contributed by atoms with van der Waals surface area (Å²) in [6.45, 7) is 8.49. The summed E-state index contributed by atoms with van der Waals surface area (Å²) in [5.74, 6) is 1.00. The molecule has 1 aliphatic heterocycles. The van der Waals surface area contributed by atoms with Gasteiger partial charge >= 0.3 is 0 Å². The van der Waals surface area contributed by atoms with Crippen LogP contribution in [0.25, 0.3) is 0 Å². The molecule has 0 saturated carbocycles. The number of nitrogens with zero attached hydrogens (tertiary/aromatic N) is 2. The fraction of sp³-hybridized carbons (Fsp3) is 0.800. The summed E-state index contributed by atoms with van der Waals surface area (Å²) in [7, 11) is -3.05. The summed E-state index contributed by atoms with van der Waals surface area (Å²) in [6.07, 6.45) is 6.69. The quantitative estimate of drug-likeness (QED) is 0.201. The van der Waals surface area contributed by atoms with Crippen molar-refractivity contribution in [3.63, 3.8) is 0 Å². The van der Waals surface area contributed by atoms with Crippen LogP contribution in [0.5, 0.6) is 0 Å². The molecule has 2 N–H and O–H groups in total. The SMILES string of the molecule is C/C=C/CCN=C(NCC)NC1CCN(S(=O)(=O)CC)CC1.I. The van der Waals surface area contributed by atoms with Crippen molar-refractivity contribution < 1.29 is 8.42 Å². The second kappa shape index (κ2) is 12.1. The Morgan fingerprint density at radius 3 is 2.48 bits per heavy atom. The van der Waals surface area contributed by atoms with Gasteiger partial charge in [-0.15, -0.1) is 24.0 Å². The summed E-state index contributed by atoms with van der Waals surface area (Å²) in [4.78, 5) is 4.54. The first-order chi connectivity index (χ1) is 10.5. The fourth-order valence-electron chi connectivity index (χ4n) is 2.39. The van der Waals surface area contributed by atoms with E-state index >= 15 is 0 Å². The molecule has 0 unspecified atom stereocenters. The van der Waals surface area contributed by atoms with Crippen LogP contribution in [-0.4, -0.2) is 56.7 Å². The van der Waals surface area contributed by atoms with E-state index in [1.807, 2.05) is 19.9 Å². The molecular weight excluding hydrogens is 427 g/mol. The van der Waals surface area contributed by atoms with E-state index in [4.69, 9.17) is 0 Å². The van der Waals surface area contributed by atoms with Crippen molar-refractivity contribution in [1.29, 1.82) is 0 Å². The number of piperidine rings is 1. The van der Waals surface area contributed by atoms with Gasteiger partial charge in [0.2, 0.25) is 10.0 Å². The van der Waals surface area contributed by atoms with Gasteiger partial charge in [0, 0.05) is 32.2 Å². The molecular formula is C15H31IN4O2S. The highest BCUT2D eigenvalue weighted by Crippen LogP contribution is 2.14. The van der Waals surface area contributed by atoms with Crippen molar-refractivity contribution in [1.82, 2.24) is 14.9 Å². The molecule has 23 heavy (non-hydrogen) atoms. The molecule has 1 aliphatic rings. The van der Waals surface area contributed by atoms with E-state index in [0.29, 0.717) is 13.1 Å². The van der Waals surface area contributed by atoms with Gasteiger partial charge in [-0.25, -0.2) is 12.7 Å². The van der Waals surface area contributed by atoms with Crippen LogP contribution < -0.4 is 10.6 Å². The Kier molecular flexibility index (Phi) is 11.9. The molecule has 0 bridgehead atoms. The van der Waals surface area contributed by atoms with E-state index in [1.54, 1.807) is 11.2 Å². The Bertz CT molecular complexity index is 472. The molecule has 1 heterocycles. The lowest BCUT2D eigenvalue weighted by Gasteiger charge is -2.32. The van der Waals surface area contributed by atoms with E-state index in [9.17, 15) is 8.42 Å². The molecule has 1 fully saturated rings. The second-order valence-electron chi connectivity index (χ2n) is 5.34. The van der Waals surface area contributed by atoms with E-state index in [0.717, 1.165) is 38.3 Å². The predicted octanol–water partition coefficient (Wildman–Crippen LogP) is 1.94. The van der Waals surface area contributed by atoms with Crippen LogP contribution in [-0.2, 0) is 10.0 Å². The van der Waals surface area contributed by atoms with Crippen molar-refractivity contribution >= 4 is 40.0 Å². The Labute approximate surface area is 158 Å². The van der Waals surface area contributed by atoms with Crippen LogP contribution in [0.15, 0.2) is 17.1 Å². The molecule has 0 aromatic rings. The number of guanidine groups is 1. The molecule has 0 aromatic carbocycles. The number of nitrogens with one attached hydrogen (secondary N) is 2. The molecule has 136 valence electrons. The molecule has 0 atom stereocenters. The normalized spacial score (nSPS) is 18.0. The predicted molar refractivity (Wildman–Crippen MR) is 108 cm³/mol. The summed E-state index contributed by atoms with van der Waals surface area (Å²) in [6, 6.07) is 0.280. The third kappa shape index (κ3) is 8.35. The second-order valence-corrected chi connectivity index (χ2v) is 7.59. The van der Waals surface area contributed by atoms with E-state index < -0.39 is 10.0 Å². The summed E-state index contributed by atoms with van der Waals surface area (Å²) in [5.41, 5.74) is 0. The van der Waals surface area contributed by atoms with Gasteiger partial charge in [-0.3, -0.25) is 4.99 Å². The number of halogens is 1. The maximum Gasteiger partial charge on any atom is 0.213 e. The van der Waals surface area contributed by atoms with Gasteiger partial charge in [0.15, 0.2) is 5.96 Å². The van der Waals surface area contributed by atoms with Crippen molar-refractivity contribution in [3.8, 4) is 0 Å². The maximum absolute atomic E-state index is 11.9. The zero-order chi connectivity index (χ0) is 16.4. The summed E-state index contributed by atoms with van der Waals surface area (Å²) < 4.78 is 25.3. The first kappa shape index (κ1) is 22.6. The van der Waals surface area contributed by atoms with Gasteiger partial charge in [0.25, 0.3) is 0 Å². The molecule has 8 heteroatoms. The van der Waals surface area contributed by atoms with Crippen LogP contribution in [0, 0.1) is 0 Å². The van der Waals surface area contributed by atoms with Crippen molar-refractivity contribution in [2.45, 2.75) is 46.1 Å². The van der Waals surface area contributed by atoms with Crippen molar-refractivity contribution in [2.75, 3.05) is 31.9 Å². The molecule has 1 saturated heterocycles. The Morgan fingerprint density at radius 2 is 1.96 bits per heavy atom.